The molecule has 0 aliphatic rings. The van der Waals surface area contributed by atoms with Gasteiger partial charge in [0.2, 0.25) is 5.88 Å². The molecule has 0 fully saturated rings. The molecule has 0 aliphatic carbocycles. The van der Waals surface area contributed by atoms with Crippen LogP contribution in [0.3, 0.4) is 0 Å². The first-order valence-corrected chi connectivity index (χ1v) is 10.1. The van der Waals surface area contributed by atoms with Crippen LogP contribution in [-0.4, -0.2) is 16.1 Å². The number of aromatic nitrogens is 1. The standard InChI is InChI=1S/C26H27NO4/c1-17-7-5-8-18(2)26(17)22-10-6-9-21(14-22)16-30-25-12-11-23(15-27-25)24(13-19(3)28)31-20(4)29/h5-12,14-15,24,28H,3,13,16H2,1-2,4H3. The molecule has 160 valence electrons. The van der Waals surface area contributed by atoms with Crippen LogP contribution in [0.4, 0.5) is 0 Å². The first kappa shape index (κ1) is 22.1. The summed E-state index contributed by atoms with van der Waals surface area (Å²) in [5.74, 6) is -0.0312. The summed E-state index contributed by atoms with van der Waals surface area (Å²) in [6.45, 7) is 9.41. The Morgan fingerprint density at radius 2 is 1.81 bits per heavy atom. The number of benzene rings is 2. The number of nitrogens with zero attached hydrogens (tertiary/aromatic N) is 1. The third-order valence-corrected chi connectivity index (χ3v) is 4.94. The van der Waals surface area contributed by atoms with E-state index in [4.69, 9.17) is 9.47 Å². The Kier molecular flexibility index (Phi) is 7.08. The molecule has 0 saturated heterocycles. The predicted octanol–water partition coefficient (Wildman–Crippen LogP) is 6.01. The first-order valence-electron chi connectivity index (χ1n) is 10.1. The summed E-state index contributed by atoms with van der Waals surface area (Å²) in [5, 5.41) is 9.47. The van der Waals surface area contributed by atoms with Gasteiger partial charge in [0.25, 0.3) is 0 Å². The molecule has 1 N–H and O–H groups in total. The van der Waals surface area contributed by atoms with E-state index in [1.165, 1.54) is 23.6 Å². The molecule has 0 saturated carbocycles. The largest absolute Gasteiger partial charge is 0.513 e. The number of aliphatic hydroxyl groups excluding tert-OH is 1. The Balaban J connectivity index is 1.70. The van der Waals surface area contributed by atoms with Crippen LogP contribution in [0, 0.1) is 13.8 Å². The molecular weight excluding hydrogens is 390 g/mol. The van der Waals surface area contributed by atoms with Gasteiger partial charge in [0.1, 0.15) is 12.7 Å². The van der Waals surface area contributed by atoms with Crippen molar-refractivity contribution >= 4 is 5.97 Å². The number of carbonyl (C=O) groups is 1. The topological polar surface area (TPSA) is 68.7 Å². The van der Waals surface area contributed by atoms with Crippen molar-refractivity contribution in [2.75, 3.05) is 0 Å². The lowest BCUT2D eigenvalue weighted by Crippen LogP contribution is -2.10. The predicted molar refractivity (Wildman–Crippen MR) is 121 cm³/mol. The molecule has 1 unspecified atom stereocenters. The molecular formula is C26H27NO4. The molecule has 5 heteroatoms. The zero-order chi connectivity index (χ0) is 22.4. The molecule has 1 aromatic heterocycles. The van der Waals surface area contributed by atoms with E-state index in [9.17, 15) is 9.90 Å². The lowest BCUT2D eigenvalue weighted by atomic mass is 9.95. The summed E-state index contributed by atoms with van der Waals surface area (Å²) in [7, 11) is 0. The van der Waals surface area contributed by atoms with E-state index in [0.717, 1.165) is 11.1 Å². The summed E-state index contributed by atoms with van der Waals surface area (Å²) in [4.78, 5) is 15.6. The van der Waals surface area contributed by atoms with Gasteiger partial charge in [-0.3, -0.25) is 4.79 Å². The molecule has 0 amide bonds. The summed E-state index contributed by atoms with van der Waals surface area (Å²) >= 11 is 0. The van der Waals surface area contributed by atoms with E-state index < -0.39 is 12.1 Å². The van der Waals surface area contributed by atoms with Gasteiger partial charge in [-0.2, -0.15) is 0 Å². The summed E-state index contributed by atoms with van der Waals surface area (Å²) in [6.07, 6.45) is 1.07. The van der Waals surface area contributed by atoms with Crippen LogP contribution >= 0.6 is 0 Å². The molecule has 5 nitrogen and oxygen atoms in total. The van der Waals surface area contributed by atoms with E-state index in [1.54, 1.807) is 18.3 Å². The molecule has 0 spiro atoms. The maximum absolute atomic E-state index is 11.3. The Morgan fingerprint density at radius 1 is 1.10 bits per heavy atom. The van der Waals surface area contributed by atoms with Crippen molar-refractivity contribution in [3.8, 4) is 17.0 Å². The number of esters is 1. The van der Waals surface area contributed by atoms with E-state index in [1.807, 2.05) is 12.1 Å². The average molecular weight is 418 g/mol. The van der Waals surface area contributed by atoms with E-state index >= 15 is 0 Å². The van der Waals surface area contributed by atoms with Crippen molar-refractivity contribution < 1.29 is 19.4 Å². The van der Waals surface area contributed by atoms with Gasteiger partial charge < -0.3 is 14.6 Å². The molecule has 3 aromatic rings. The van der Waals surface area contributed by atoms with Gasteiger partial charge in [0, 0.05) is 31.2 Å². The number of aryl methyl sites for hydroxylation is 2. The zero-order valence-corrected chi connectivity index (χ0v) is 18.1. The fraction of sp³-hybridized carbons (Fsp3) is 0.231. The summed E-state index contributed by atoms with van der Waals surface area (Å²) in [6, 6.07) is 18.1. The highest BCUT2D eigenvalue weighted by molar-refractivity contribution is 5.71. The van der Waals surface area contributed by atoms with Gasteiger partial charge in [-0.25, -0.2) is 4.98 Å². The van der Waals surface area contributed by atoms with E-state index in [-0.39, 0.29) is 12.2 Å². The Labute approximate surface area is 183 Å². The van der Waals surface area contributed by atoms with Crippen LogP contribution in [0.15, 0.2) is 73.1 Å². The van der Waals surface area contributed by atoms with Gasteiger partial charge >= 0.3 is 5.97 Å². The first-order chi connectivity index (χ1) is 14.8. The van der Waals surface area contributed by atoms with Crippen LogP contribution in [-0.2, 0) is 16.1 Å². The smallest absolute Gasteiger partial charge is 0.303 e. The normalized spacial score (nSPS) is 11.6. The minimum absolute atomic E-state index is 0.0599. The monoisotopic (exact) mass is 417 g/mol. The van der Waals surface area contributed by atoms with E-state index in [2.05, 4.69) is 55.7 Å². The highest BCUT2D eigenvalue weighted by atomic mass is 16.5. The van der Waals surface area contributed by atoms with Crippen LogP contribution in [0.2, 0.25) is 0 Å². The highest BCUT2D eigenvalue weighted by Gasteiger charge is 2.17. The molecule has 2 aromatic carbocycles. The van der Waals surface area contributed by atoms with Gasteiger partial charge in [0.05, 0.1) is 5.76 Å². The number of hydrogen-bond acceptors (Lipinski definition) is 5. The van der Waals surface area contributed by atoms with Crippen molar-refractivity contribution in [2.45, 2.75) is 39.9 Å². The number of ether oxygens (including phenoxy) is 2. The Hall–Kier alpha value is -3.60. The molecule has 1 atom stereocenters. The Bertz CT molecular complexity index is 1040. The van der Waals surface area contributed by atoms with Crippen molar-refractivity contribution in [2.24, 2.45) is 0 Å². The molecule has 31 heavy (non-hydrogen) atoms. The minimum atomic E-state index is -0.634. The lowest BCUT2D eigenvalue weighted by molar-refractivity contribution is -0.146. The Morgan fingerprint density at radius 3 is 2.42 bits per heavy atom. The molecule has 3 rings (SSSR count). The maximum Gasteiger partial charge on any atom is 0.303 e. The number of carbonyl (C=O) groups excluding carboxylic acids is 1. The minimum Gasteiger partial charge on any atom is -0.513 e. The fourth-order valence-electron chi connectivity index (χ4n) is 3.55. The number of hydrogen-bond donors (Lipinski definition) is 1. The third kappa shape index (κ3) is 5.95. The molecule has 0 radical (unpaired) electrons. The van der Waals surface area contributed by atoms with Crippen LogP contribution < -0.4 is 4.74 Å². The second-order valence-electron chi connectivity index (χ2n) is 7.55. The maximum atomic E-state index is 11.3. The SMILES string of the molecule is C=C(O)CC(OC(C)=O)c1ccc(OCc2cccc(-c3c(C)cccc3C)c2)nc1. The van der Waals surface area contributed by atoms with Crippen LogP contribution in [0.5, 0.6) is 5.88 Å². The number of rotatable bonds is 8. The zero-order valence-electron chi connectivity index (χ0n) is 18.1. The van der Waals surface area contributed by atoms with Crippen molar-refractivity contribution in [1.29, 1.82) is 0 Å². The quantitative estimate of drug-likeness (QED) is 0.359. The van der Waals surface area contributed by atoms with Gasteiger partial charge in [-0.15, -0.1) is 0 Å². The van der Waals surface area contributed by atoms with Crippen molar-refractivity contribution in [1.82, 2.24) is 4.98 Å². The number of aliphatic hydroxyl groups is 1. The van der Waals surface area contributed by atoms with Crippen LogP contribution in [0.1, 0.15) is 41.7 Å². The molecule has 0 bridgehead atoms. The highest BCUT2D eigenvalue weighted by Crippen LogP contribution is 2.28. The summed E-state index contributed by atoms with van der Waals surface area (Å²) < 4.78 is 11.1. The average Bonchev–Trinajstić information content (AvgIpc) is 2.72. The fourth-order valence-corrected chi connectivity index (χ4v) is 3.55. The lowest BCUT2D eigenvalue weighted by Gasteiger charge is -2.17. The molecule has 1 heterocycles. The van der Waals surface area contributed by atoms with Gasteiger partial charge in [0.15, 0.2) is 0 Å². The number of pyridine rings is 1. The summed E-state index contributed by atoms with van der Waals surface area (Å²) in [5.41, 5.74) is 6.59. The molecule has 0 aliphatic heterocycles. The van der Waals surface area contributed by atoms with Crippen LogP contribution in [0.25, 0.3) is 11.1 Å². The van der Waals surface area contributed by atoms with Gasteiger partial charge in [-0.1, -0.05) is 43.0 Å². The second kappa shape index (κ2) is 9.94. The van der Waals surface area contributed by atoms with E-state index in [0.29, 0.717) is 18.1 Å². The second-order valence-corrected chi connectivity index (χ2v) is 7.55. The van der Waals surface area contributed by atoms with Gasteiger partial charge in [-0.05, 0) is 53.8 Å². The van der Waals surface area contributed by atoms with Crippen molar-refractivity contribution in [3.05, 3.63) is 95.4 Å². The van der Waals surface area contributed by atoms with Crippen molar-refractivity contribution in [3.63, 3.8) is 0 Å². The third-order valence-electron chi connectivity index (χ3n) is 4.94.